The molecule has 4 heteroatoms. The largest absolute Gasteiger partial charge is 0.213 e. The normalized spacial score (nSPS) is 32.2. The minimum absolute atomic E-state index is 0.236. The summed E-state index contributed by atoms with van der Waals surface area (Å²) >= 11 is 0. The molecule has 60 valence electrons. The number of rotatable bonds is 3. The molecule has 1 saturated carbocycles. The summed E-state index contributed by atoms with van der Waals surface area (Å²) in [5.74, 6) is 0.592. The molecule has 0 spiro atoms. The first-order chi connectivity index (χ1) is 4.53. The van der Waals surface area contributed by atoms with Crippen LogP contribution in [0.3, 0.4) is 0 Å². The van der Waals surface area contributed by atoms with Gasteiger partial charge in [0.05, 0.1) is 6.26 Å². The van der Waals surface area contributed by atoms with Crippen molar-refractivity contribution < 1.29 is 8.42 Å². The molecule has 0 aromatic rings. The van der Waals surface area contributed by atoms with Crippen LogP contribution >= 0.6 is 0 Å². The molecule has 1 N–H and O–H groups in total. The zero-order valence-electron chi connectivity index (χ0n) is 6.29. The number of nitrogens with one attached hydrogen (secondary N) is 1. The van der Waals surface area contributed by atoms with Gasteiger partial charge in [0.25, 0.3) is 0 Å². The van der Waals surface area contributed by atoms with Crippen LogP contribution in [0, 0.1) is 5.92 Å². The van der Waals surface area contributed by atoms with Gasteiger partial charge in [0.2, 0.25) is 10.0 Å². The summed E-state index contributed by atoms with van der Waals surface area (Å²) in [5.41, 5.74) is 0. The molecule has 0 heterocycles. The van der Waals surface area contributed by atoms with Gasteiger partial charge in [-0.3, -0.25) is 0 Å². The molecule has 0 aromatic heterocycles. The monoisotopic (exact) mass is 163 g/mol. The van der Waals surface area contributed by atoms with Gasteiger partial charge in [0, 0.05) is 6.04 Å². The summed E-state index contributed by atoms with van der Waals surface area (Å²) in [6.45, 7) is 2.08. The van der Waals surface area contributed by atoms with E-state index in [1.165, 1.54) is 6.26 Å². The fraction of sp³-hybridized carbons (Fsp3) is 1.00. The molecule has 0 amide bonds. The van der Waals surface area contributed by atoms with Crippen LogP contribution in [0.5, 0.6) is 0 Å². The second-order valence-electron chi connectivity index (χ2n) is 2.90. The fourth-order valence-corrected chi connectivity index (χ4v) is 1.96. The number of sulfonamides is 1. The van der Waals surface area contributed by atoms with Crippen LogP contribution in [0.4, 0.5) is 0 Å². The zero-order valence-corrected chi connectivity index (χ0v) is 7.11. The highest BCUT2D eigenvalue weighted by Crippen LogP contribution is 2.33. The van der Waals surface area contributed by atoms with Crippen LogP contribution in [0.15, 0.2) is 0 Å². The van der Waals surface area contributed by atoms with Crippen molar-refractivity contribution in [1.29, 1.82) is 0 Å². The average molecular weight is 163 g/mol. The Labute approximate surface area is 61.9 Å². The van der Waals surface area contributed by atoms with Crippen LogP contribution in [0.2, 0.25) is 0 Å². The molecule has 1 aliphatic carbocycles. The van der Waals surface area contributed by atoms with Gasteiger partial charge in [-0.25, -0.2) is 13.1 Å². The Morgan fingerprint density at radius 1 is 1.60 bits per heavy atom. The van der Waals surface area contributed by atoms with E-state index in [9.17, 15) is 8.42 Å². The molecular formula is C6H13NO2S. The average Bonchev–Trinajstić information content (AvgIpc) is 2.42. The quantitative estimate of drug-likeness (QED) is 0.652. The predicted octanol–water partition coefficient (Wildman–Crippen LogP) is 0.334. The highest BCUT2D eigenvalue weighted by Gasteiger charge is 2.36. The Morgan fingerprint density at radius 2 is 2.20 bits per heavy atom. The maximum atomic E-state index is 10.6. The van der Waals surface area contributed by atoms with Crippen molar-refractivity contribution in [3.63, 3.8) is 0 Å². The zero-order chi connectivity index (χ0) is 7.78. The Kier molecular flexibility index (Phi) is 2.01. The van der Waals surface area contributed by atoms with Gasteiger partial charge in [-0.05, 0) is 12.3 Å². The van der Waals surface area contributed by atoms with Crippen molar-refractivity contribution in [3.8, 4) is 0 Å². The summed E-state index contributed by atoms with van der Waals surface area (Å²) in [7, 11) is -2.95. The lowest BCUT2D eigenvalue weighted by atomic mass is 10.3. The third-order valence-corrected chi connectivity index (χ3v) is 2.54. The summed E-state index contributed by atoms with van der Waals surface area (Å²) in [6, 6.07) is 0.236. The SMILES string of the molecule is CCC1CC1NS(C)(=O)=O. The number of hydrogen-bond donors (Lipinski definition) is 1. The van der Waals surface area contributed by atoms with Gasteiger partial charge < -0.3 is 0 Å². The first-order valence-electron chi connectivity index (χ1n) is 3.50. The lowest BCUT2D eigenvalue weighted by Crippen LogP contribution is -2.25. The summed E-state index contributed by atoms with van der Waals surface area (Å²) in [6.07, 6.45) is 3.30. The maximum absolute atomic E-state index is 10.6. The smallest absolute Gasteiger partial charge is 0.208 e. The standard InChI is InChI=1S/C6H13NO2S/c1-3-5-4-6(5)7-10(2,8)9/h5-7H,3-4H2,1-2H3. The Balaban J connectivity index is 2.31. The van der Waals surface area contributed by atoms with E-state index < -0.39 is 10.0 Å². The molecule has 0 saturated heterocycles. The Morgan fingerprint density at radius 3 is 2.50 bits per heavy atom. The molecule has 0 aliphatic heterocycles. The molecule has 3 nitrogen and oxygen atoms in total. The molecule has 1 aliphatic rings. The Bertz CT molecular complexity index is 210. The first-order valence-corrected chi connectivity index (χ1v) is 5.39. The molecule has 2 unspecified atom stereocenters. The number of hydrogen-bond acceptors (Lipinski definition) is 2. The summed E-state index contributed by atoms with van der Waals surface area (Å²) in [4.78, 5) is 0. The maximum Gasteiger partial charge on any atom is 0.208 e. The van der Waals surface area contributed by atoms with Crippen molar-refractivity contribution in [1.82, 2.24) is 4.72 Å². The van der Waals surface area contributed by atoms with E-state index in [0.717, 1.165) is 12.8 Å². The molecule has 0 aromatic carbocycles. The summed E-state index contributed by atoms with van der Waals surface area (Å²) in [5, 5.41) is 0. The van der Waals surface area contributed by atoms with Crippen LogP contribution in [-0.4, -0.2) is 20.7 Å². The third-order valence-electron chi connectivity index (χ3n) is 1.81. The topological polar surface area (TPSA) is 46.2 Å². The van der Waals surface area contributed by atoms with Gasteiger partial charge >= 0.3 is 0 Å². The lowest BCUT2D eigenvalue weighted by molar-refractivity contribution is 0.582. The first kappa shape index (κ1) is 8.01. The van der Waals surface area contributed by atoms with Crippen LogP contribution in [0.25, 0.3) is 0 Å². The molecule has 1 fully saturated rings. The third kappa shape index (κ3) is 2.27. The minimum Gasteiger partial charge on any atom is -0.213 e. The van der Waals surface area contributed by atoms with E-state index in [1.54, 1.807) is 0 Å². The van der Waals surface area contributed by atoms with Crippen molar-refractivity contribution in [2.24, 2.45) is 5.92 Å². The van der Waals surface area contributed by atoms with Crippen molar-refractivity contribution in [3.05, 3.63) is 0 Å². The molecule has 0 bridgehead atoms. The van der Waals surface area contributed by atoms with Gasteiger partial charge in [-0.2, -0.15) is 0 Å². The van der Waals surface area contributed by atoms with Crippen molar-refractivity contribution in [2.75, 3.05) is 6.26 Å². The van der Waals surface area contributed by atoms with Crippen LogP contribution in [-0.2, 0) is 10.0 Å². The van der Waals surface area contributed by atoms with Crippen LogP contribution < -0.4 is 4.72 Å². The van der Waals surface area contributed by atoms with Gasteiger partial charge in [0.15, 0.2) is 0 Å². The second-order valence-corrected chi connectivity index (χ2v) is 4.68. The van der Waals surface area contributed by atoms with E-state index in [-0.39, 0.29) is 6.04 Å². The fourth-order valence-electron chi connectivity index (χ4n) is 1.12. The van der Waals surface area contributed by atoms with Gasteiger partial charge in [0.1, 0.15) is 0 Å². The van der Waals surface area contributed by atoms with Gasteiger partial charge in [-0.1, -0.05) is 13.3 Å². The Hall–Kier alpha value is -0.0900. The van der Waals surface area contributed by atoms with Crippen molar-refractivity contribution in [2.45, 2.75) is 25.8 Å². The molecular weight excluding hydrogens is 150 g/mol. The van der Waals surface area contributed by atoms with E-state index in [0.29, 0.717) is 5.92 Å². The molecule has 2 atom stereocenters. The predicted molar refractivity (Wildman–Crippen MR) is 40.2 cm³/mol. The van der Waals surface area contributed by atoms with E-state index in [2.05, 4.69) is 11.6 Å². The van der Waals surface area contributed by atoms with Gasteiger partial charge in [-0.15, -0.1) is 0 Å². The van der Waals surface area contributed by atoms with Crippen LogP contribution in [0.1, 0.15) is 19.8 Å². The molecule has 10 heavy (non-hydrogen) atoms. The van der Waals surface area contributed by atoms with E-state index in [4.69, 9.17) is 0 Å². The highest BCUT2D eigenvalue weighted by atomic mass is 32.2. The highest BCUT2D eigenvalue weighted by molar-refractivity contribution is 7.88. The lowest BCUT2D eigenvalue weighted by Gasteiger charge is -1.97. The summed E-state index contributed by atoms with van der Waals surface area (Å²) < 4.78 is 23.8. The second kappa shape index (κ2) is 2.51. The van der Waals surface area contributed by atoms with E-state index in [1.807, 2.05) is 0 Å². The van der Waals surface area contributed by atoms with E-state index >= 15 is 0 Å². The minimum atomic E-state index is -2.95. The molecule has 0 radical (unpaired) electrons. The molecule has 1 rings (SSSR count). The van der Waals surface area contributed by atoms with Crippen molar-refractivity contribution >= 4 is 10.0 Å².